The molecule has 1 aliphatic heterocycles. The van der Waals surface area contributed by atoms with E-state index in [-0.39, 0.29) is 24.3 Å². The van der Waals surface area contributed by atoms with Crippen molar-refractivity contribution in [1.29, 1.82) is 0 Å². The predicted molar refractivity (Wildman–Crippen MR) is 137 cm³/mol. The van der Waals surface area contributed by atoms with Gasteiger partial charge in [-0.1, -0.05) is 40.9 Å². The number of fused-ring (bicyclic) bond motifs is 1. The Labute approximate surface area is 210 Å². The molecule has 5 rings (SSSR count). The second-order valence-electron chi connectivity index (χ2n) is 9.31. The lowest BCUT2D eigenvalue weighted by Crippen LogP contribution is -2.51. The van der Waals surface area contributed by atoms with Crippen LogP contribution < -0.4 is 11.2 Å². The average molecular weight is 539 g/mol. The molecule has 8 nitrogen and oxygen atoms in total. The number of aromatic amines is 1. The monoisotopic (exact) mass is 538 g/mol. The molecule has 1 N–H and O–H groups in total. The predicted octanol–water partition coefficient (Wildman–Crippen LogP) is 2.98. The van der Waals surface area contributed by atoms with Crippen molar-refractivity contribution in [2.75, 3.05) is 26.2 Å². The Morgan fingerprint density at radius 1 is 0.943 bits per heavy atom. The minimum absolute atomic E-state index is 0.0811. The summed E-state index contributed by atoms with van der Waals surface area (Å²) in [7, 11) is 0. The number of piperazine rings is 1. The Morgan fingerprint density at radius 3 is 2.40 bits per heavy atom. The summed E-state index contributed by atoms with van der Waals surface area (Å²) in [6.07, 6.45) is 4.22. The van der Waals surface area contributed by atoms with Crippen molar-refractivity contribution in [3.63, 3.8) is 0 Å². The molecular formula is C26H27BrN4O4. The summed E-state index contributed by atoms with van der Waals surface area (Å²) in [5, 5.41) is 0.413. The standard InChI is InChI=1S/C26H27BrN4O4/c27-20-8-9-22-21(15-20)23(32)28-26(35)31(22)16-17-4-3-7-19(14-17)25(34)30-12-10-29(11-13-30)24(33)18-5-1-2-6-18/h3-4,7-9,14-15,18H,1-2,5-6,10-13,16H2,(H,28,32,35). The number of H-pyrrole nitrogens is 1. The number of halogens is 1. The summed E-state index contributed by atoms with van der Waals surface area (Å²) in [6, 6.07) is 12.4. The van der Waals surface area contributed by atoms with E-state index in [4.69, 9.17) is 0 Å². The van der Waals surface area contributed by atoms with Crippen LogP contribution in [-0.2, 0) is 11.3 Å². The number of carbonyl (C=O) groups excluding carboxylic acids is 2. The summed E-state index contributed by atoms with van der Waals surface area (Å²) in [5.41, 5.74) is 0.926. The van der Waals surface area contributed by atoms with Crippen LogP contribution >= 0.6 is 15.9 Å². The van der Waals surface area contributed by atoms with Crippen LogP contribution in [0.15, 0.2) is 56.5 Å². The van der Waals surface area contributed by atoms with Gasteiger partial charge < -0.3 is 9.80 Å². The van der Waals surface area contributed by atoms with Gasteiger partial charge in [0.25, 0.3) is 11.5 Å². The van der Waals surface area contributed by atoms with Crippen LogP contribution in [0.4, 0.5) is 0 Å². The minimum atomic E-state index is -0.496. The molecular weight excluding hydrogens is 512 g/mol. The average Bonchev–Trinajstić information content (AvgIpc) is 3.41. The van der Waals surface area contributed by atoms with Crippen molar-refractivity contribution >= 4 is 38.6 Å². The zero-order chi connectivity index (χ0) is 24.5. The van der Waals surface area contributed by atoms with E-state index in [0.29, 0.717) is 42.6 Å². The summed E-state index contributed by atoms with van der Waals surface area (Å²) in [5.74, 6) is 0.312. The number of benzene rings is 2. The maximum atomic E-state index is 13.2. The number of hydrogen-bond donors (Lipinski definition) is 1. The van der Waals surface area contributed by atoms with E-state index < -0.39 is 11.2 Å². The first-order valence-corrected chi connectivity index (χ1v) is 12.8. The van der Waals surface area contributed by atoms with Gasteiger partial charge in [-0.25, -0.2) is 4.79 Å². The lowest BCUT2D eigenvalue weighted by molar-refractivity contribution is -0.136. The number of rotatable bonds is 4. The third-order valence-electron chi connectivity index (χ3n) is 7.06. The van der Waals surface area contributed by atoms with Crippen LogP contribution in [0, 0.1) is 5.92 Å². The van der Waals surface area contributed by atoms with Gasteiger partial charge in [0.15, 0.2) is 0 Å². The third kappa shape index (κ3) is 4.82. The molecule has 1 saturated carbocycles. The van der Waals surface area contributed by atoms with Crippen LogP contribution in [0.1, 0.15) is 41.6 Å². The molecule has 0 unspecified atom stereocenters. The van der Waals surface area contributed by atoms with E-state index in [2.05, 4.69) is 20.9 Å². The molecule has 182 valence electrons. The molecule has 0 bridgehead atoms. The van der Waals surface area contributed by atoms with Crippen LogP contribution in [0.25, 0.3) is 10.9 Å². The molecule has 0 radical (unpaired) electrons. The number of amides is 2. The van der Waals surface area contributed by atoms with Gasteiger partial charge >= 0.3 is 5.69 Å². The van der Waals surface area contributed by atoms with Gasteiger partial charge in [-0.2, -0.15) is 0 Å². The van der Waals surface area contributed by atoms with Crippen molar-refractivity contribution in [2.45, 2.75) is 32.2 Å². The first kappa shape index (κ1) is 23.5. The minimum Gasteiger partial charge on any atom is -0.339 e. The molecule has 1 aromatic heterocycles. The summed E-state index contributed by atoms with van der Waals surface area (Å²) >= 11 is 3.36. The molecule has 0 atom stereocenters. The highest BCUT2D eigenvalue weighted by atomic mass is 79.9. The molecule has 2 fully saturated rings. The van der Waals surface area contributed by atoms with E-state index in [1.807, 2.05) is 11.0 Å². The van der Waals surface area contributed by atoms with Gasteiger partial charge in [0, 0.05) is 42.1 Å². The van der Waals surface area contributed by atoms with E-state index in [0.717, 1.165) is 35.7 Å². The van der Waals surface area contributed by atoms with Gasteiger partial charge in [-0.3, -0.25) is 23.9 Å². The van der Waals surface area contributed by atoms with E-state index in [9.17, 15) is 19.2 Å². The second kappa shape index (κ2) is 9.81. The molecule has 35 heavy (non-hydrogen) atoms. The molecule has 3 aromatic rings. The fourth-order valence-electron chi connectivity index (χ4n) is 5.15. The molecule has 0 spiro atoms. The number of hydrogen-bond acceptors (Lipinski definition) is 4. The molecule has 2 aromatic carbocycles. The first-order chi connectivity index (χ1) is 16.9. The quantitative estimate of drug-likeness (QED) is 0.552. The maximum absolute atomic E-state index is 13.2. The van der Waals surface area contributed by atoms with E-state index in [1.165, 1.54) is 4.57 Å². The van der Waals surface area contributed by atoms with Gasteiger partial charge in [0.2, 0.25) is 5.91 Å². The first-order valence-electron chi connectivity index (χ1n) is 12.0. The highest BCUT2D eigenvalue weighted by Gasteiger charge is 2.30. The second-order valence-corrected chi connectivity index (χ2v) is 10.2. The Balaban J connectivity index is 1.31. The number of aromatic nitrogens is 2. The smallest absolute Gasteiger partial charge is 0.329 e. The summed E-state index contributed by atoms with van der Waals surface area (Å²) < 4.78 is 2.25. The van der Waals surface area contributed by atoms with Crippen LogP contribution in [-0.4, -0.2) is 57.3 Å². The van der Waals surface area contributed by atoms with Gasteiger partial charge in [-0.05, 0) is 48.7 Å². The fraction of sp³-hybridized carbons (Fsp3) is 0.385. The van der Waals surface area contributed by atoms with Gasteiger partial charge in [-0.15, -0.1) is 0 Å². The van der Waals surface area contributed by atoms with Crippen molar-refractivity contribution in [3.05, 3.63) is 78.9 Å². The maximum Gasteiger partial charge on any atom is 0.329 e. The third-order valence-corrected chi connectivity index (χ3v) is 7.55. The largest absolute Gasteiger partial charge is 0.339 e. The Kier molecular flexibility index (Phi) is 6.60. The molecule has 1 aliphatic carbocycles. The van der Waals surface area contributed by atoms with Gasteiger partial charge in [0.1, 0.15) is 0 Å². The molecule has 2 aliphatic rings. The number of nitrogens with one attached hydrogen (secondary N) is 1. The molecule has 2 amide bonds. The number of nitrogens with zero attached hydrogens (tertiary/aromatic N) is 3. The Bertz CT molecular complexity index is 1400. The normalized spacial score (nSPS) is 16.7. The van der Waals surface area contributed by atoms with E-state index >= 15 is 0 Å². The Hall–Kier alpha value is -3.20. The highest BCUT2D eigenvalue weighted by molar-refractivity contribution is 9.10. The van der Waals surface area contributed by atoms with Crippen LogP contribution in [0.3, 0.4) is 0 Å². The van der Waals surface area contributed by atoms with Gasteiger partial charge in [0.05, 0.1) is 17.4 Å². The highest BCUT2D eigenvalue weighted by Crippen LogP contribution is 2.27. The summed E-state index contributed by atoms with van der Waals surface area (Å²) in [6.45, 7) is 2.38. The fourth-order valence-corrected chi connectivity index (χ4v) is 5.51. The lowest BCUT2D eigenvalue weighted by Gasteiger charge is -2.36. The van der Waals surface area contributed by atoms with Crippen molar-refractivity contribution in [1.82, 2.24) is 19.4 Å². The van der Waals surface area contributed by atoms with Crippen molar-refractivity contribution < 1.29 is 9.59 Å². The molecule has 1 saturated heterocycles. The number of carbonyl (C=O) groups is 2. The summed E-state index contributed by atoms with van der Waals surface area (Å²) in [4.78, 5) is 56.8. The van der Waals surface area contributed by atoms with Crippen molar-refractivity contribution in [2.24, 2.45) is 5.92 Å². The SMILES string of the molecule is O=C(c1cccc(Cn2c(=O)[nH]c(=O)c3cc(Br)ccc32)c1)N1CCN(C(=O)C2CCCC2)CC1. The van der Waals surface area contributed by atoms with E-state index in [1.54, 1.807) is 41.3 Å². The van der Waals surface area contributed by atoms with Crippen LogP contribution in [0.2, 0.25) is 0 Å². The molecule has 2 heterocycles. The lowest BCUT2D eigenvalue weighted by atomic mass is 10.1. The zero-order valence-corrected chi connectivity index (χ0v) is 20.9. The molecule has 9 heteroatoms. The topological polar surface area (TPSA) is 95.5 Å². The Morgan fingerprint density at radius 2 is 1.66 bits per heavy atom. The zero-order valence-electron chi connectivity index (χ0n) is 19.3. The van der Waals surface area contributed by atoms with Crippen LogP contribution in [0.5, 0.6) is 0 Å². The van der Waals surface area contributed by atoms with Crippen molar-refractivity contribution in [3.8, 4) is 0 Å².